The summed E-state index contributed by atoms with van der Waals surface area (Å²) < 4.78 is 13.6. The van der Waals surface area contributed by atoms with Crippen LogP contribution in [0.2, 0.25) is 0 Å². The van der Waals surface area contributed by atoms with Crippen LogP contribution in [0.4, 0.5) is 4.39 Å². The number of nitrogens with zero attached hydrogens (tertiary/aromatic N) is 3. The van der Waals surface area contributed by atoms with E-state index in [-0.39, 0.29) is 37.7 Å². The highest BCUT2D eigenvalue weighted by atomic mass is 19.1. The quantitative estimate of drug-likeness (QED) is 0.331. The molecule has 5 amide bonds. The van der Waals surface area contributed by atoms with Crippen LogP contribution in [0.1, 0.15) is 43.7 Å². The number of fused-ring (bicyclic) bond motifs is 2. The number of likely N-dealkylation sites (N-methyl/N-ethyl adjacent to an activating group) is 1. The lowest BCUT2D eigenvalue weighted by atomic mass is 9.73. The SMILES string of the molecule is CC(=O)NC12CCC(NC(=O)C(=O)N(C)C)(CC1)C1=NC(C(=O)NCc3ccc(F)c(C)c3)C(=O)C(=O)N1C2. The fraction of sp³-hybridized carbons (Fsp3) is 0.500. The molecule has 3 aliphatic heterocycles. The van der Waals surface area contributed by atoms with Crippen molar-refractivity contribution in [3.63, 3.8) is 0 Å². The molecule has 12 nitrogen and oxygen atoms in total. The number of nitrogens with one attached hydrogen (secondary N) is 3. The van der Waals surface area contributed by atoms with Gasteiger partial charge in [0.1, 0.15) is 11.7 Å². The second kappa shape index (κ2) is 10.2. The Morgan fingerprint density at radius 3 is 2.36 bits per heavy atom. The predicted octanol–water partition coefficient (Wildman–Crippen LogP) is -0.666. The molecule has 39 heavy (non-hydrogen) atoms. The maximum absolute atomic E-state index is 13.6. The molecule has 1 aromatic rings. The minimum Gasteiger partial charge on any atom is -0.350 e. The molecule has 208 valence electrons. The maximum atomic E-state index is 13.6. The van der Waals surface area contributed by atoms with Gasteiger partial charge in [0, 0.05) is 27.6 Å². The van der Waals surface area contributed by atoms with Gasteiger partial charge in [-0.3, -0.25) is 33.7 Å². The molecule has 1 aliphatic carbocycles. The van der Waals surface area contributed by atoms with Crippen LogP contribution in [0.3, 0.4) is 0 Å². The molecule has 3 fully saturated rings. The van der Waals surface area contributed by atoms with Crippen molar-refractivity contribution in [1.29, 1.82) is 0 Å². The van der Waals surface area contributed by atoms with E-state index in [1.165, 1.54) is 33.2 Å². The van der Waals surface area contributed by atoms with Gasteiger partial charge in [0.25, 0.3) is 17.6 Å². The molecule has 3 heterocycles. The lowest BCUT2D eigenvalue weighted by Gasteiger charge is -2.42. The summed E-state index contributed by atoms with van der Waals surface area (Å²) in [5, 5.41) is 8.20. The summed E-state index contributed by atoms with van der Waals surface area (Å²) in [7, 11) is 2.84. The average molecular weight is 543 g/mol. The smallest absolute Gasteiger partial charge is 0.311 e. The van der Waals surface area contributed by atoms with Gasteiger partial charge in [0.15, 0.2) is 6.04 Å². The second-order valence-electron chi connectivity index (χ2n) is 10.6. The molecular formula is C26H31FN6O6. The number of aryl methyl sites for hydroxylation is 1. The van der Waals surface area contributed by atoms with Crippen molar-refractivity contribution < 1.29 is 33.2 Å². The topological polar surface area (TPSA) is 157 Å². The van der Waals surface area contributed by atoms with Crippen molar-refractivity contribution in [2.75, 3.05) is 20.6 Å². The largest absolute Gasteiger partial charge is 0.350 e. The highest BCUT2D eigenvalue weighted by molar-refractivity contribution is 6.46. The van der Waals surface area contributed by atoms with Crippen molar-refractivity contribution >= 4 is 41.2 Å². The average Bonchev–Trinajstić information content (AvgIpc) is 3.08. The van der Waals surface area contributed by atoms with E-state index < -0.39 is 52.3 Å². The normalized spacial score (nSPS) is 25.7. The van der Waals surface area contributed by atoms with Crippen molar-refractivity contribution in [1.82, 2.24) is 25.8 Å². The first kappa shape index (κ1) is 27.9. The van der Waals surface area contributed by atoms with E-state index in [2.05, 4.69) is 20.9 Å². The van der Waals surface area contributed by atoms with Crippen LogP contribution in [0, 0.1) is 12.7 Å². The number of hydrogen-bond donors (Lipinski definition) is 3. The minimum absolute atomic E-state index is 0.00881. The molecule has 1 aromatic carbocycles. The molecule has 4 aliphatic rings. The third-order valence-electron chi connectivity index (χ3n) is 7.49. The number of Topliss-reactive ketones (excluding diaryl/α,β-unsaturated/α-hetero) is 1. The van der Waals surface area contributed by atoms with Gasteiger partial charge < -0.3 is 20.9 Å². The van der Waals surface area contributed by atoms with Crippen molar-refractivity contribution in [2.24, 2.45) is 4.99 Å². The van der Waals surface area contributed by atoms with Gasteiger partial charge >= 0.3 is 11.8 Å². The predicted molar refractivity (Wildman–Crippen MR) is 136 cm³/mol. The van der Waals surface area contributed by atoms with Gasteiger partial charge in [-0.1, -0.05) is 12.1 Å². The maximum Gasteiger partial charge on any atom is 0.311 e. The molecule has 5 rings (SSSR count). The van der Waals surface area contributed by atoms with Crippen molar-refractivity contribution in [2.45, 2.75) is 63.2 Å². The Balaban J connectivity index is 1.69. The Morgan fingerprint density at radius 1 is 1.10 bits per heavy atom. The minimum atomic E-state index is -1.71. The number of benzene rings is 1. The van der Waals surface area contributed by atoms with Gasteiger partial charge in [-0.2, -0.15) is 0 Å². The van der Waals surface area contributed by atoms with E-state index in [0.717, 1.165) is 9.80 Å². The number of amidine groups is 1. The van der Waals surface area contributed by atoms with Gasteiger partial charge in [-0.05, 0) is 49.8 Å². The Hall–Kier alpha value is -4.16. The summed E-state index contributed by atoms with van der Waals surface area (Å²) in [5.41, 5.74) is -1.21. The molecule has 0 aromatic heterocycles. The first-order valence-corrected chi connectivity index (χ1v) is 12.6. The van der Waals surface area contributed by atoms with Crippen LogP contribution in [0.5, 0.6) is 0 Å². The summed E-state index contributed by atoms with van der Waals surface area (Å²) in [4.78, 5) is 83.4. The van der Waals surface area contributed by atoms with Crippen LogP contribution < -0.4 is 16.0 Å². The molecule has 2 saturated heterocycles. The van der Waals surface area contributed by atoms with E-state index in [4.69, 9.17) is 0 Å². The van der Waals surface area contributed by atoms with Crippen LogP contribution in [0.25, 0.3) is 0 Å². The number of carbonyl (C=O) groups excluding carboxylic acids is 6. The summed E-state index contributed by atoms with van der Waals surface area (Å²) in [6, 6.07) is 2.59. The first-order chi connectivity index (χ1) is 18.3. The fourth-order valence-electron chi connectivity index (χ4n) is 5.44. The van der Waals surface area contributed by atoms with E-state index in [9.17, 15) is 33.2 Å². The molecule has 13 heteroatoms. The molecule has 3 N–H and O–H groups in total. The number of aliphatic imine (C=N–C) groups is 1. The third kappa shape index (κ3) is 5.25. The van der Waals surface area contributed by atoms with Crippen LogP contribution >= 0.6 is 0 Å². The Bertz CT molecular complexity index is 1300. The van der Waals surface area contributed by atoms with Gasteiger partial charge in [-0.15, -0.1) is 0 Å². The number of amides is 5. The summed E-state index contributed by atoms with van der Waals surface area (Å²) in [5.74, 6) is -5.33. The van der Waals surface area contributed by atoms with Gasteiger partial charge in [0.2, 0.25) is 5.91 Å². The summed E-state index contributed by atoms with van der Waals surface area (Å²) >= 11 is 0. The van der Waals surface area contributed by atoms with E-state index in [1.54, 1.807) is 13.0 Å². The summed E-state index contributed by atoms with van der Waals surface area (Å²) in [6.45, 7) is 2.82. The highest BCUT2D eigenvalue weighted by Crippen LogP contribution is 2.42. The van der Waals surface area contributed by atoms with E-state index >= 15 is 0 Å². The number of halogens is 1. The fourth-order valence-corrected chi connectivity index (χ4v) is 5.44. The zero-order valence-corrected chi connectivity index (χ0v) is 22.2. The van der Waals surface area contributed by atoms with Gasteiger partial charge in [0.05, 0.1) is 17.6 Å². The van der Waals surface area contributed by atoms with Crippen molar-refractivity contribution in [3.8, 4) is 0 Å². The van der Waals surface area contributed by atoms with Crippen molar-refractivity contribution in [3.05, 3.63) is 35.1 Å². The number of ketones is 1. The monoisotopic (exact) mass is 542 g/mol. The molecular weight excluding hydrogens is 511 g/mol. The zero-order valence-electron chi connectivity index (χ0n) is 22.2. The highest BCUT2D eigenvalue weighted by Gasteiger charge is 2.58. The molecule has 0 spiro atoms. The molecule has 1 unspecified atom stereocenters. The van der Waals surface area contributed by atoms with Gasteiger partial charge in [-0.25, -0.2) is 9.38 Å². The summed E-state index contributed by atoms with van der Waals surface area (Å²) in [6.07, 6.45) is 1.08. The molecule has 1 saturated carbocycles. The molecule has 1 atom stereocenters. The third-order valence-corrected chi connectivity index (χ3v) is 7.49. The zero-order chi connectivity index (χ0) is 28.7. The molecule has 2 bridgehead atoms. The molecule has 0 radical (unpaired) electrons. The Kier molecular flexibility index (Phi) is 7.28. The Morgan fingerprint density at radius 2 is 1.77 bits per heavy atom. The first-order valence-electron chi connectivity index (χ1n) is 12.6. The van der Waals surface area contributed by atoms with Crippen LogP contribution in [-0.4, -0.2) is 88.7 Å². The van der Waals surface area contributed by atoms with E-state index in [1.807, 2.05) is 0 Å². The van der Waals surface area contributed by atoms with Crippen LogP contribution in [0.15, 0.2) is 23.2 Å². The lowest BCUT2D eigenvalue weighted by Crippen LogP contribution is -2.65. The Labute approximate surface area is 224 Å². The number of carbonyl (C=O) groups is 6. The number of rotatable bonds is 5. The van der Waals surface area contributed by atoms with E-state index in [0.29, 0.717) is 24.0 Å². The second-order valence-corrected chi connectivity index (χ2v) is 10.6. The lowest BCUT2D eigenvalue weighted by molar-refractivity contribution is -0.146. The number of hydrogen-bond acceptors (Lipinski definition) is 7. The standard InChI is InChI=1S/C26H31FN6O6/c1-14-11-16(5-6-17(14)27)12-28-20(36)18-19(35)22(38)33-13-25(30-15(2)34)7-9-26(10-8-25,24(33)29-18)31-21(37)23(39)32(3)4/h5-6,11,18H,7-10,12-13H2,1-4H3,(H,28,36)(H,30,34)(H,31,37). The van der Waals surface area contributed by atoms with Crippen LogP contribution in [-0.2, 0) is 35.3 Å².